The van der Waals surface area contributed by atoms with Crippen molar-refractivity contribution in [1.29, 1.82) is 0 Å². The second-order valence-corrected chi connectivity index (χ2v) is 8.43. The number of ether oxygens (including phenoxy) is 1. The van der Waals surface area contributed by atoms with E-state index in [1.807, 2.05) is 19.1 Å². The van der Waals surface area contributed by atoms with E-state index < -0.39 is 11.8 Å². The van der Waals surface area contributed by atoms with Crippen molar-refractivity contribution >= 4 is 0 Å². The lowest BCUT2D eigenvalue weighted by Gasteiger charge is -2.33. The number of hydrogen-bond acceptors (Lipinski definition) is 3. The standard InChI is InChI=1S/C23H28F2N2O/c1-15-11-27(12-17-3-5-18(6-4-17)16(2)26)13-19-7-8-21(9-22(15)19)28-14-20-10-23(20,24)25/h3-9,15-16,20H,10-14,26H2,1-2H3/t15?,16-,20?/m0/s1. The fourth-order valence-corrected chi connectivity index (χ4v) is 4.01. The highest BCUT2D eigenvalue weighted by molar-refractivity contribution is 5.39. The van der Waals surface area contributed by atoms with Crippen molar-refractivity contribution in [2.45, 2.75) is 51.2 Å². The molecule has 28 heavy (non-hydrogen) atoms. The second kappa shape index (κ2) is 7.45. The van der Waals surface area contributed by atoms with Crippen molar-refractivity contribution in [3.8, 4) is 5.75 Å². The molecule has 1 saturated carbocycles. The number of hydrogen-bond donors (Lipinski definition) is 1. The Morgan fingerprint density at radius 1 is 1.21 bits per heavy atom. The molecule has 1 heterocycles. The van der Waals surface area contributed by atoms with E-state index in [1.165, 1.54) is 16.7 Å². The molecule has 2 unspecified atom stereocenters. The summed E-state index contributed by atoms with van der Waals surface area (Å²) in [6.45, 7) is 7.05. The monoisotopic (exact) mass is 386 g/mol. The summed E-state index contributed by atoms with van der Waals surface area (Å²) in [7, 11) is 0. The van der Waals surface area contributed by atoms with Crippen LogP contribution in [-0.2, 0) is 13.1 Å². The van der Waals surface area contributed by atoms with Gasteiger partial charge in [-0.1, -0.05) is 37.3 Å². The topological polar surface area (TPSA) is 38.5 Å². The molecule has 1 fully saturated rings. The van der Waals surface area contributed by atoms with E-state index in [9.17, 15) is 8.78 Å². The average Bonchev–Trinajstić information content (AvgIpc) is 3.27. The molecule has 0 spiro atoms. The first-order chi connectivity index (χ1) is 13.3. The Bertz CT molecular complexity index is 835. The van der Waals surface area contributed by atoms with Crippen LogP contribution in [0.5, 0.6) is 5.75 Å². The van der Waals surface area contributed by atoms with E-state index in [0.717, 1.165) is 25.2 Å². The molecular formula is C23H28F2N2O. The predicted molar refractivity (Wildman–Crippen MR) is 107 cm³/mol. The van der Waals surface area contributed by atoms with E-state index >= 15 is 0 Å². The molecule has 3 nitrogen and oxygen atoms in total. The van der Waals surface area contributed by atoms with Crippen molar-refractivity contribution in [2.75, 3.05) is 13.2 Å². The van der Waals surface area contributed by atoms with Crippen LogP contribution in [0.3, 0.4) is 0 Å². The minimum absolute atomic E-state index is 0.0471. The Hall–Kier alpha value is -1.98. The molecule has 0 amide bonds. The Balaban J connectivity index is 1.39. The van der Waals surface area contributed by atoms with E-state index in [4.69, 9.17) is 10.5 Å². The van der Waals surface area contributed by atoms with E-state index in [0.29, 0.717) is 11.7 Å². The summed E-state index contributed by atoms with van der Waals surface area (Å²) in [5.74, 6) is -2.07. The summed E-state index contributed by atoms with van der Waals surface area (Å²) in [5.41, 5.74) is 10.9. The maximum absolute atomic E-state index is 13.0. The van der Waals surface area contributed by atoms with Gasteiger partial charge >= 0.3 is 0 Å². The molecule has 2 aromatic rings. The summed E-state index contributed by atoms with van der Waals surface area (Å²) in [5, 5.41) is 0. The minimum Gasteiger partial charge on any atom is -0.493 e. The molecule has 4 rings (SSSR count). The van der Waals surface area contributed by atoms with Gasteiger partial charge in [0.15, 0.2) is 0 Å². The van der Waals surface area contributed by atoms with Crippen molar-refractivity contribution in [3.05, 3.63) is 64.7 Å². The number of benzene rings is 2. The number of halogens is 2. The average molecular weight is 386 g/mol. The molecule has 5 heteroatoms. The fourth-order valence-electron chi connectivity index (χ4n) is 4.01. The van der Waals surface area contributed by atoms with E-state index in [2.05, 4.69) is 42.2 Å². The molecule has 0 radical (unpaired) electrons. The third-order valence-electron chi connectivity index (χ3n) is 5.89. The number of fused-ring (bicyclic) bond motifs is 1. The van der Waals surface area contributed by atoms with Gasteiger partial charge in [0.05, 0.1) is 12.5 Å². The van der Waals surface area contributed by atoms with Crippen molar-refractivity contribution in [2.24, 2.45) is 11.7 Å². The molecule has 0 bridgehead atoms. The van der Waals surface area contributed by atoms with Gasteiger partial charge in [-0.2, -0.15) is 0 Å². The molecule has 0 saturated heterocycles. The van der Waals surface area contributed by atoms with Crippen LogP contribution in [0.4, 0.5) is 8.78 Å². The summed E-state index contributed by atoms with van der Waals surface area (Å²) in [6, 6.07) is 14.6. The maximum Gasteiger partial charge on any atom is 0.255 e. The minimum atomic E-state index is -2.53. The van der Waals surface area contributed by atoms with Gasteiger partial charge in [0.25, 0.3) is 5.92 Å². The quantitative estimate of drug-likeness (QED) is 0.771. The number of rotatable bonds is 6. The number of alkyl halides is 2. The van der Waals surface area contributed by atoms with Crippen molar-refractivity contribution in [1.82, 2.24) is 4.90 Å². The van der Waals surface area contributed by atoms with Gasteiger partial charge < -0.3 is 10.5 Å². The van der Waals surface area contributed by atoms with Gasteiger partial charge in [-0.15, -0.1) is 0 Å². The predicted octanol–water partition coefficient (Wildman–Crippen LogP) is 4.86. The van der Waals surface area contributed by atoms with Gasteiger partial charge in [-0.3, -0.25) is 4.90 Å². The van der Waals surface area contributed by atoms with Crippen LogP contribution in [0.1, 0.15) is 54.5 Å². The number of nitrogens with two attached hydrogens (primary N) is 1. The van der Waals surface area contributed by atoms with Gasteiger partial charge in [0.2, 0.25) is 0 Å². The van der Waals surface area contributed by atoms with E-state index in [1.54, 1.807) is 0 Å². The third kappa shape index (κ3) is 4.20. The second-order valence-electron chi connectivity index (χ2n) is 8.43. The first-order valence-corrected chi connectivity index (χ1v) is 10.0. The van der Waals surface area contributed by atoms with Crippen molar-refractivity contribution in [3.63, 3.8) is 0 Å². The summed E-state index contributed by atoms with van der Waals surface area (Å²) in [4.78, 5) is 2.44. The smallest absolute Gasteiger partial charge is 0.255 e. The molecule has 1 aliphatic heterocycles. The molecular weight excluding hydrogens is 358 g/mol. The van der Waals surface area contributed by atoms with Gasteiger partial charge in [-0.05, 0) is 47.2 Å². The van der Waals surface area contributed by atoms with Crippen LogP contribution in [0.2, 0.25) is 0 Å². The van der Waals surface area contributed by atoms with Crippen molar-refractivity contribution < 1.29 is 13.5 Å². The lowest BCUT2D eigenvalue weighted by Crippen LogP contribution is -2.32. The Morgan fingerprint density at radius 2 is 1.93 bits per heavy atom. The third-order valence-corrected chi connectivity index (χ3v) is 5.89. The number of nitrogens with zero attached hydrogens (tertiary/aromatic N) is 1. The molecule has 2 aromatic carbocycles. The van der Waals surface area contributed by atoms with Crippen LogP contribution in [-0.4, -0.2) is 24.0 Å². The van der Waals surface area contributed by atoms with Gasteiger partial charge in [-0.25, -0.2) is 8.78 Å². The van der Waals surface area contributed by atoms with Gasteiger partial charge in [0, 0.05) is 32.1 Å². The molecule has 0 aromatic heterocycles. The van der Waals surface area contributed by atoms with E-state index in [-0.39, 0.29) is 19.1 Å². The zero-order chi connectivity index (χ0) is 19.9. The van der Waals surface area contributed by atoms with Crippen LogP contribution >= 0.6 is 0 Å². The summed E-state index contributed by atoms with van der Waals surface area (Å²) < 4.78 is 31.7. The molecule has 3 atom stereocenters. The van der Waals surface area contributed by atoms with Crippen LogP contribution in [0.25, 0.3) is 0 Å². The van der Waals surface area contributed by atoms with Gasteiger partial charge in [0.1, 0.15) is 5.75 Å². The molecule has 2 aliphatic rings. The molecule has 2 N–H and O–H groups in total. The highest BCUT2D eigenvalue weighted by atomic mass is 19.3. The lowest BCUT2D eigenvalue weighted by molar-refractivity contribution is 0.0855. The normalized spacial score (nSPS) is 24.5. The first-order valence-electron chi connectivity index (χ1n) is 10.0. The highest BCUT2D eigenvalue weighted by Crippen LogP contribution is 2.48. The molecule has 1 aliphatic carbocycles. The first kappa shape index (κ1) is 19.3. The Kier molecular flexibility index (Phi) is 5.15. The van der Waals surface area contributed by atoms with Crippen LogP contribution in [0.15, 0.2) is 42.5 Å². The summed E-state index contributed by atoms with van der Waals surface area (Å²) >= 11 is 0. The van der Waals surface area contributed by atoms with Crippen LogP contribution < -0.4 is 10.5 Å². The Morgan fingerprint density at radius 3 is 2.57 bits per heavy atom. The SMILES string of the molecule is CC1CN(Cc2ccc([C@H](C)N)cc2)Cc2ccc(OCC3CC3(F)F)cc21. The fraction of sp³-hybridized carbons (Fsp3) is 0.478. The summed E-state index contributed by atoms with van der Waals surface area (Å²) in [6.07, 6.45) is -0.0471. The Labute approximate surface area is 165 Å². The molecule has 150 valence electrons. The largest absolute Gasteiger partial charge is 0.493 e. The lowest BCUT2D eigenvalue weighted by atomic mass is 9.90. The zero-order valence-electron chi connectivity index (χ0n) is 16.5. The highest BCUT2D eigenvalue weighted by Gasteiger charge is 2.57. The zero-order valence-corrected chi connectivity index (χ0v) is 16.5. The van der Waals surface area contributed by atoms with Crippen LogP contribution in [0, 0.1) is 5.92 Å². The maximum atomic E-state index is 13.0.